The van der Waals surface area contributed by atoms with E-state index in [0.29, 0.717) is 6.71 Å². The maximum atomic E-state index is 2.44. The van der Waals surface area contributed by atoms with Crippen molar-refractivity contribution in [2.45, 2.75) is 54.6 Å². The van der Waals surface area contributed by atoms with Crippen molar-refractivity contribution in [1.29, 1.82) is 0 Å². The van der Waals surface area contributed by atoms with Crippen molar-refractivity contribution >= 4 is 37.1 Å². The van der Waals surface area contributed by atoms with Crippen molar-refractivity contribution < 1.29 is 0 Å². The monoisotopic (exact) mass is 384 g/mol. The second kappa shape index (κ2) is 8.13. The van der Waals surface area contributed by atoms with Gasteiger partial charge in [0, 0.05) is 0 Å². The van der Waals surface area contributed by atoms with Gasteiger partial charge in [-0.25, -0.2) is 0 Å². The summed E-state index contributed by atoms with van der Waals surface area (Å²) in [4.78, 5) is 0. The van der Waals surface area contributed by atoms with Crippen LogP contribution in [-0.4, -0.2) is 15.5 Å². The van der Waals surface area contributed by atoms with Crippen LogP contribution in [0.5, 0.6) is 0 Å². The highest BCUT2D eigenvalue weighted by atomic mass is 28.3. The van der Waals surface area contributed by atoms with Crippen molar-refractivity contribution in [1.82, 2.24) is 0 Å². The van der Waals surface area contributed by atoms with Gasteiger partial charge in [0.25, 0.3) is 0 Å². The first kappa shape index (κ1) is 20.7. The van der Waals surface area contributed by atoms with Crippen molar-refractivity contribution in [2.24, 2.45) is 0 Å². The number of benzene rings is 3. The Balaban J connectivity index is 2.41. The minimum absolute atomic E-state index is 0.298. The van der Waals surface area contributed by atoms with E-state index < -0.39 is 8.80 Å². The van der Waals surface area contributed by atoms with Crippen LogP contribution in [0.4, 0.5) is 0 Å². The molecular weight excluding hydrogens is 351 g/mol. The zero-order valence-electron chi connectivity index (χ0n) is 18.8. The van der Waals surface area contributed by atoms with E-state index in [2.05, 4.69) is 103 Å². The molecule has 0 saturated carbocycles. The average Bonchev–Trinajstić information content (AvgIpc) is 2.58. The summed E-state index contributed by atoms with van der Waals surface area (Å²) in [6.07, 6.45) is 0. The smallest absolute Gasteiger partial charge is 0.0697 e. The summed E-state index contributed by atoms with van der Waals surface area (Å²) in [6.45, 7) is 18.7. The van der Waals surface area contributed by atoms with Gasteiger partial charge in [-0.3, -0.25) is 0 Å². The molecule has 28 heavy (non-hydrogen) atoms. The fourth-order valence-electron chi connectivity index (χ4n) is 5.05. The van der Waals surface area contributed by atoms with Gasteiger partial charge in [-0.1, -0.05) is 117 Å². The molecule has 144 valence electrons. The van der Waals surface area contributed by atoms with Crippen LogP contribution in [0.25, 0.3) is 0 Å². The fourth-order valence-corrected chi connectivity index (χ4v) is 6.47. The van der Waals surface area contributed by atoms with Crippen LogP contribution in [0.3, 0.4) is 0 Å². The van der Waals surface area contributed by atoms with E-state index in [4.69, 9.17) is 0 Å². The van der Waals surface area contributed by atoms with Gasteiger partial charge in [0.2, 0.25) is 6.71 Å². The first-order valence-electron chi connectivity index (χ1n) is 10.4. The maximum Gasteiger partial charge on any atom is 0.242 e. The molecule has 3 aromatic rings. The maximum absolute atomic E-state index is 2.44. The SMILES string of the molecule is Cc1cc(C)c(B(c2ccccc2[SiH](C)C)c2c(C)cc(C)cc2C)c(C)c1. The molecule has 0 N–H and O–H groups in total. The minimum atomic E-state index is -0.954. The standard InChI is InChI=1S/C26H33BSi/c1-17-13-19(3)25(20(4)14-17)27(23-11-9-10-12-24(23)28(7)8)26-21(5)15-18(2)16-22(26)6/h9-16,28H,1-8H3. The minimum Gasteiger partial charge on any atom is -0.0697 e. The molecule has 3 aromatic carbocycles. The van der Waals surface area contributed by atoms with Gasteiger partial charge < -0.3 is 0 Å². The third-order valence-electron chi connectivity index (χ3n) is 5.98. The molecule has 3 rings (SSSR count). The summed E-state index contributed by atoms with van der Waals surface area (Å²) in [6, 6.07) is 18.6. The van der Waals surface area contributed by atoms with Crippen molar-refractivity contribution in [2.75, 3.05) is 0 Å². The summed E-state index contributed by atoms with van der Waals surface area (Å²) in [5.74, 6) is 0. The van der Waals surface area contributed by atoms with Gasteiger partial charge in [0.1, 0.15) is 0 Å². The van der Waals surface area contributed by atoms with E-state index in [9.17, 15) is 0 Å². The van der Waals surface area contributed by atoms with Gasteiger partial charge >= 0.3 is 0 Å². The third kappa shape index (κ3) is 3.89. The summed E-state index contributed by atoms with van der Waals surface area (Å²) in [5.41, 5.74) is 12.8. The summed E-state index contributed by atoms with van der Waals surface area (Å²) in [5, 5.41) is 1.59. The topological polar surface area (TPSA) is 0 Å². The van der Waals surface area contributed by atoms with Crippen molar-refractivity contribution in [3.63, 3.8) is 0 Å². The molecule has 0 atom stereocenters. The molecule has 0 bridgehead atoms. The third-order valence-corrected chi connectivity index (χ3v) is 7.75. The Bertz CT molecular complexity index is 913. The summed E-state index contributed by atoms with van der Waals surface area (Å²) in [7, 11) is -0.954. The lowest BCUT2D eigenvalue weighted by atomic mass is 9.34. The number of rotatable bonds is 4. The van der Waals surface area contributed by atoms with E-state index in [0.717, 1.165) is 0 Å². The van der Waals surface area contributed by atoms with E-state index in [1.54, 1.807) is 5.19 Å². The first-order chi connectivity index (χ1) is 13.2. The zero-order chi connectivity index (χ0) is 20.6. The molecule has 0 amide bonds. The van der Waals surface area contributed by atoms with E-state index in [-0.39, 0.29) is 0 Å². The van der Waals surface area contributed by atoms with Gasteiger partial charge in [0.15, 0.2) is 0 Å². The quantitative estimate of drug-likeness (QED) is 0.601. The molecule has 0 nitrogen and oxygen atoms in total. The predicted molar refractivity (Wildman–Crippen MR) is 131 cm³/mol. The highest BCUT2D eigenvalue weighted by Gasteiger charge is 2.30. The Labute approximate surface area is 173 Å². The number of hydrogen-bond donors (Lipinski definition) is 0. The zero-order valence-corrected chi connectivity index (χ0v) is 19.9. The normalized spacial score (nSPS) is 11.2. The molecule has 0 fully saturated rings. The van der Waals surface area contributed by atoms with Gasteiger partial charge in [0.05, 0.1) is 8.80 Å². The van der Waals surface area contributed by atoms with Crippen LogP contribution >= 0.6 is 0 Å². The Kier molecular flexibility index (Phi) is 6.00. The van der Waals surface area contributed by atoms with Crippen molar-refractivity contribution in [3.8, 4) is 0 Å². The van der Waals surface area contributed by atoms with Crippen molar-refractivity contribution in [3.05, 3.63) is 81.9 Å². The van der Waals surface area contributed by atoms with Crippen LogP contribution in [0.1, 0.15) is 33.4 Å². The molecule has 0 spiro atoms. The molecule has 0 saturated heterocycles. The number of aryl methyl sites for hydroxylation is 6. The molecule has 0 radical (unpaired) electrons. The molecule has 0 aliphatic carbocycles. The van der Waals surface area contributed by atoms with Crippen LogP contribution in [0, 0.1) is 41.5 Å². The van der Waals surface area contributed by atoms with Crippen LogP contribution in [0.2, 0.25) is 13.1 Å². The largest absolute Gasteiger partial charge is 0.242 e. The molecule has 0 aliphatic heterocycles. The first-order valence-corrected chi connectivity index (χ1v) is 13.3. The second-order valence-corrected chi connectivity index (χ2v) is 11.8. The number of hydrogen-bond acceptors (Lipinski definition) is 0. The highest BCUT2D eigenvalue weighted by Crippen LogP contribution is 2.12. The molecular formula is C26H33BSi. The predicted octanol–water partition coefficient (Wildman–Crippen LogP) is 3.75. The summed E-state index contributed by atoms with van der Waals surface area (Å²) < 4.78 is 0. The molecule has 2 heteroatoms. The lowest BCUT2D eigenvalue weighted by Crippen LogP contribution is -2.61. The highest BCUT2D eigenvalue weighted by molar-refractivity contribution is 6.99. The fraction of sp³-hybridized carbons (Fsp3) is 0.308. The molecule has 0 aromatic heterocycles. The molecule has 0 aliphatic rings. The molecule has 0 heterocycles. The van der Waals surface area contributed by atoms with Gasteiger partial charge in [-0.15, -0.1) is 0 Å². The van der Waals surface area contributed by atoms with Crippen LogP contribution in [0.15, 0.2) is 48.5 Å². The second-order valence-electron chi connectivity index (χ2n) is 8.84. The van der Waals surface area contributed by atoms with Crippen LogP contribution < -0.4 is 21.6 Å². The Morgan fingerprint density at radius 2 is 1.00 bits per heavy atom. The molecule has 0 unspecified atom stereocenters. The van der Waals surface area contributed by atoms with Crippen LogP contribution in [-0.2, 0) is 0 Å². The Morgan fingerprint density at radius 1 is 0.607 bits per heavy atom. The Hall–Kier alpha value is -2.06. The van der Waals surface area contributed by atoms with E-state index >= 15 is 0 Å². The van der Waals surface area contributed by atoms with Gasteiger partial charge in [-0.2, -0.15) is 0 Å². The Morgan fingerprint density at radius 3 is 1.39 bits per heavy atom. The average molecular weight is 384 g/mol. The lowest BCUT2D eigenvalue weighted by molar-refractivity contribution is 1.34. The van der Waals surface area contributed by atoms with Gasteiger partial charge in [-0.05, 0) is 41.5 Å². The van der Waals surface area contributed by atoms with E-state index in [1.165, 1.54) is 49.8 Å². The lowest BCUT2D eigenvalue weighted by Gasteiger charge is -2.27. The summed E-state index contributed by atoms with van der Waals surface area (Å²) >= 11 is 0. The van der Waals surface area contributed by atoms with E-state index in [1.807, 2.05) is 0 Å².